The second kappa shape index (κ2) is 5.75. The van der Waals surface area contributed by atoms with Crippen molar-refractivity contribution in [2.45, 2.75) is 29.3 Å². The lowest BCUT2D eigenvalue weighted by Crippen LogP contribution is -2.42. The van der Waals surface area contributed by atoms with E-state index in [-0.39, 0.29) is 24.6 Å². The van der Waals surface area contributed by atoms with E-state index >= 15 is 0 Å². The van der Waals surface area contributed by atoms with Crippen LogP contribution in [0.1, 0.15) is 12.8 Å². The lowest BCUT2D eigenvalue weighted by Gasteiger charge is -2.25. The zero-order chi connectivity index (χ0) is 16.5. The first-order chi connectivity index (χ1) is 10.1. The number of alkyl halides is 3. The van der Waals surface area contributed by atoms with Gasteiger partial charge in [0, 0.05) is 19.0 Å². The number of benzene rings is 1. The normalized spacial score (nSPS) is 19.6. The van der Waals surface area contributed by atoms with Crippen LogP contribution < -0.4 is 10.6 Å². The van der Waals surface area contributed by atoms with E-state index in [2.05, 4.69) is 10.6 Å². The van der Waals surface area contributed by atoms with E-state index in [1.54, 1.807) is 0 Å². The Hall–Kier alpha value is -1.84. The maximum Gasteiger partial charge on any atom is 0.501 e. The highest BCUT2D eigenvalue weighted by molar-refractivity contribution is 7.92. The van der Waals surface area contributed by atoms with Crippen molar-refractivity contribution in [1.29, 1.82) is 0 Å². The van der Waals surface area contributed by atoms with Gasteiger partial charge >= 0.3 is 5.51 Å². The topological polar surface area (TPSA) is 75.3 Å². The van der Waals surface area contributed by atoms with E-state index in [4.69, 9.17) is 0 Å². The number of rotatable bonds is 3. The van der Waals surface area contributed by atoms with Gasteiger partial charge in [0.1, 0.15) is 10.7 Å². The molecule has 1 aromatic carbocycles. The van der Waals surface area contributed by atoms with Crippen LogP contribution in [0.3, 0.4) is 0 Å². The summed E-state index contributed by atoms with van der Waals surface area (Å²) < 4.78 is 74.2. The van der Waals surface area contributed by atoms with Crippen LogP contribution in [-0.4, -0.2) is 32.4 Å². The molecule has 0 spiro atoms. The predicted octanol–water partition coefficient (Wildman–Crippen LogP) is 1.81. The molecule has 0 radical (unpaired) electrons. The van der Waals surface area contributed by atoms with Crippen molar-refractivity contribution in [3.8, 4) is 0 Å². The van der Waals surface area contributed by atoms with Gasteiger partial charge in [0.15, 0.2) is 0 Å². The minimum Gasteiger partial charge on any atom is -0.379 e. The Morgan fingerprint density at radius 1 is 1.27 bits per heavy atom. The van der Waals surface area contributed by atoms with Crippen LogP contribution in [0, 0.1) is 5.82 Å². The summed E-state index contributed by atoms with van der Waals surface area (Å²) in [6, 6.07) is 1.68. The Morgan fingerprint density at radius 3 is 2.50 bits per heavy atom. The number of sulfone groups is 1. The molecule has 2 rings (SSSR count). The molecule has 122 valence electrons. The van der Waals surface area contributed by atoms with Crippen LogP contribution in [0.15, 0.2) is 23.1 Å². The summed E-state index contributed by atoms with van der Waals surface area (Å²) in [7, 11) is -5.68. The quantitative estimate of drug-likeness (QED) is 0.823. The Balaban J connectivity index is 2.35. The van der Waals surface area contributed by atoms with Crippen LogP contribution in [-0.2, 0) is 14.6 Å². The van der Waals surface area contributed by atoms with E-state index < -0.39 is 32.1 Å². The van der Waals surface area contributed by atoms with Crippen molar-refractivity contribution in [2.75, 3.05) is 11.9 Å². The van der Waals surface area contributed by atoms with Crippen molar-refractivity contribution in [3.05, 3.63) is 24.0 Å². The maximum atomic E-state index is 13.2. The lowest BCUT2D eigenvalue weighted by molar-refractivity contribution is -0.122. The predicted molar refractivity (Wildman–Crippen MR) is 69.3 cm³/mol. The fourth-order valence-electron chi connectivity index (χ4n) is 2.04. The number of carbonyl (C=O) groups is 1. The average Bonchev–Trinajstić information content (AvgIpc) is 2.42. The highest BCUT2D eigenvalue weighted by Crippen LogP contribution is 2.35. The first-order valence-electron chi connectivity index (χ1n) is 6.25. The van der Waals surface area contributed by atoms with E-state index in [1.165, 1.54) is 0 Å². The molecule has 22 heavy (non-hydrogen) atoms. The molecule has 5 nitrogen and oxygen atoms in total. The van der Waals surface area contributed by atoms with Gasteiger partial charge in [-0.3, -0.25) is 4.79 Å². The fourth-order valence-corrected chi connectivity index (χ4v) is 2.97. The standard InChI is InChI=1S/C12H12F4N2O3S/c13-7-1-3-9(18-8-2-4-11(19)17-6-8)10(5-7)22(20,21)12(14,15)16/h1,3,5,8,18H,2,4,6H2,(H,17,19). The molecule has 2 N–H and O–H groups in total. The molecule has 1 fully saturated rings. The fraction of sp³-hybridized carbons (Fsp3) is 0.417. The lowest BCUT2D eigenvalue weighted by atomic mass is 10.1. The van der Waals surface area contributed by atoms with Crippen molar-refractivity contribution in [3.63, 3.8) is 0 Å². The number of nitrogens with one attached hydrogen (secondary N) is 2. The van der Waals surface area contributed by atoms with Gasteiger partial charge in [-0.2, -0.15) is 13.2 Å². The van der Waals surface area contributed by atoms with Crippen LogP contribution >= 0.6 is 0 Å². The highest BCUT2D eigenvalue weighted by Gasteiger charge is 2.48. The Morgan fingerprint density at radius 2 is 1.95 bits per heavy atom. The zero-order valence-corrected chi connectivity index (χ0v) is 11.9. The average molecular weight is 340 g/mol. The minimum atomic E-state index is -5.68. The van der Waals surface area contributed by atoms with Crippen LogP contribution in [0.5, 0.6) is 0 Å². The Bertz CT molecular complexity index is 678. The second-order valence-corrected chi connectivity index (χ2v) is 6.68. The number of hydrogen-bond donors (Lipinski definition) is 2. The van der Waals surface area contributed by atoms with E-state index in [9.17, 15) is 30.8 Å². The molecule has 1 heterocycles. The summed E-state index contributed by atoms with van der Waals surface area (Å²) in [6.07, 6.45) is 0.495. The van der Waals surface area contributed by atoms with Gasteiger partial charge in [-0.25, -0.2) is 12.8 Å². The summed E-state index contributed by atoms with van der Waals surface area (Å²) in [5.41, 5.74) is -5.88. The third kappa shape index (κ3) is 3.32. The van der Waals surface area contributed by atoms with Gasteiger partial charge < -0.3 is 10.6 Å². The second-order valence-electron chi connectivity index (χ2n) is 4.77. The number of piperidine rings is 1. The van der Waals surface area contributed by atoms with Crippen molar-refractivity contribution < 1.29 is 30.8 Å². The maximum absolute atomic E-state index is 13.2. The molecule has 1 saturated heterocycles. The van der Waals surface area contributed by atoms with Crippen molar-refractivity contribution in [1.82, 2.24) is 5.32 Å². The summed E-state index contributed by atoms with van der Waals surface area (Å²) in [5.74, 6) is -1.29. The van der Waals surface area contributed by atoms with Gasteiger partial charge in [0.2, 0.25) is 5.91 Å². The largest absolute Gasteiger partial charge is 0.501 e. The van der Waals surface area contributed by atoms with Crippen molar-refractivity contribution >= 4 is 21.4 Å². The molecule has 1 atom stereocenters. The molecule has 0 saturated carbocycles. The first kappa shape index (κ1) is 16.5. The number of amides is 1. The molecule has 1 unspecified atom stereocenters. The molecule has 1 aromatic rings. The van der Waals surface area contributed by atoms with Gasteiger partial charge in [-0.1, -0.05) is 0 Å². The Labute approximate surface area is 123 Å². The van der Waals surface area contributed by atoms with Crippen molar-refractivity contribution in [2.24, 2.45) is 0 Å². The molecule has 0 bridgehead atoms. The minimum absolute atomic E-state index is 0.141. The van der Waals surface area contributed by atoms with Gasteiger partial charge in [0.05, 0.1) is 5.69 Å². The summed E-state index contributed by atoms with van der Waals surface area (Å²) >= 11 is 0. The number of halogens is 4. The molecule has 1 aliphatic rings. The monoisotopic (exact) mass is 340 g/mol. The van der Waals surface area contributed by atoms with Gasteiger partial charge in [-0.15, -0.1) is 0 Å². The molecular formula is C12H12F4N2O3S. The van der Waals surface area contributed by atoms with Gasteiger partial charge in [0.25, 0.3) is 9.84 Å². The van der Waals surface area contributed by atoms with E-state index in [0.29, 0.717) is 12.5 Å². The highest BCUT2D eigenvalue weighted by atomic mass is 32.2. The molecule has 10 heteroatoms. The van der Waals surface area contributed by atoms with Crippen LogP contribution in [0.2, 0.25) is 0 Å². The number of carbonyl (C=O) groups excluding carboxylic acids is 1. The molecule has 1 aliphatic heterocycles. The smallest absolute Gasteiger partial charge is 0.379 e. The molecular weight excluding hydrogens is 328 g/mol. The zero-order valence-electron chi connectivity index (χ0n) is 11.1. The third-order valence-corrected chi connectivity index (χ3v) is 4.69. The van der Waals surface area contributed by atoms with Crippen LogP contribution in [0.25, 0.3) is 0 Å². The molecule has 1 amide bonds. The Kier molecular flexibility index (Phi) is 4.32. The summed E-state index contributed by atoms with van der Waals surface area (Å²) in [6.45, 7) is 0.141. The van der Waals surface area contributed by atoms with E-state index in [1.807, 2.05) is 0 Å². The number of hydrogen-bond acceptors (Lipinski definition) is 4. The molecule has 0 aliphatic carbocycles. The third-order valence-electron chi connectivity index (χ3n) is 3.16. The van der Waals surface area contributed by atoms with Gasteiger partial charge in [-0.05, 0) is 24.6 Å². The molecule has 0 aromatic heterocycles. The first-order valence-corrected chi connectivity index (χ1v) is 7.74. The van der Waals surface area contributed by atoms with E-state index in [0.717, 1.165) is 12.1 Å². The summed E-state index contributed by atoms with van der Waals surface area (Å²) in [5, 5.41) is 5.12. The number of anilines is 1. The van der Waals surface area contributed by atoms with Crippen LogP contribution in [0.4, 0.5) is 23.2 Å². The SMILES string of the molecule is O=C1CCC(Nc2ccc(F)cc2S(=O)(=O)C(F)(F)F)CN1. The summed E-state index contributed by atoms with van der Waals surface area (Å²) in [4.78, 5) is 9.86.